The van der Waals surface area contributed by atoms with Gasteiger partial charge in [-0.15, -0.1) is 0 Å². The van der Waals surface area contributed by atoms with Crippen LogP contribution in [-0.4, -0.2) is 58.2 Å². The van der Waals surface area contributed by atoms with E-state index < -0.39 is 18.3 Å². The first kappa shape index (κ1) is 14.8. The molecule has 3 N–H and O–H groups in total. The van der Waals surface area contributed by atoms with Crippen LogP contribution in [0.3, 0.4) is 0 Å². The molecule has 1 aromatic rings. The van der Waals surface area contributed by atoms with E-state index in [1.807, 2.05) is 29.2 Å². The molecule has 3 rings (SSSR count). The summed E-state index contributed by atoms with van der Waals surface area (Å²) < 4.78 is 5.70. The van der Waals surface area contributed by atoms with E-state index in [2.05, 4.69) is 0 Å². The molecule has 5 nitrogen and oxygen atoms in total. The van der Waals surface area contributed by atoms with Gasteiger partial charge in [0, 0.05) is 19.6 Å². The van der Waals surface area contributed by atoms with Crippen LogP contribution < -0.4 is 4.74 Å². The molecule has 1 saturated heterocycles. The summed E-state index contributed by atoms with van der Waals surface area (Å²) in [6.07, 6.45) is -0.267. The Morgan fingerprint density at radius 3 is 2.19 bits per heavy atom. The second-order valence-corrected chi connectivity index (χ2v) is 6.22. The van der Waals surface area contributed by atoms with Crippen molar-refractivity contribution in [2.45, 2.75) is 37.7 Å². The normalized spacial score (nSPS) is 30.3. The lowest BCUT2D eigenvalue weighted by molar-refractivity contribution is -0.111. The standard InChI is InChI=1S/C16H23NO4/c18-14-8-17(9-15(19)16(14)20)7-11-3-5-13(6-4-11)21-10-12-1-2-12/h3-6,12,14-16,18-20H,1-2,7-10H2. The number of likely N-dealkylation sites (tertiary alicyclic amines) is 1. The molecule has 1 saturated carbocycles. The maximum Gasteiger partial charge on any atom is 0.119 e. The number of β-amino-alcohol motifs (C(OH)–C–C–N with tert-alkyl or cyclic N) is 2. The van der Waals surface area contributed by atoms with Crippen molar-refractivity contribution in [2.24, 2.45) is 5.92 Å². The molecule has 2 unspecified atom stereocenters. The van der Waals surface area contributed by atoms with E-state index in [1.165, 1.54) is 12.8 Å². The second-order valence-electron chi connectivity index (χ2n) is 6.22. The zero-order chi connectivity index (χ0) is 14.8. The first-order valence-corrected chi connectivity index (χ1v) is 7.60. The van der Waals surface area contributed by atoms with Gasteiger partial charge in [-0.2, -0.15) is 0 Å². The number of aliphatic hydroxyl groups excluding tert-OH is 3. The number of ether oxygens (including phenoxy) is 1. The molecule has 0 spiro atoms. The average Bonchev–Trinajstić information content (AvgIpc) is 3.28. The molecule has 116 valence electrons. The molecule has 2 aliphatic rings. The van der Waals surface area contributed by atoms with Crippen LogP contribution in [0.5, 0.6) is 5.75 Å². The van der Waals surface area contributed by atoms with Crippen LogP contribution in [0.15, 0.2) is 24.3 Å². The SMILES string of the molecule is OC1CN(Cc2ccc(OCC3CC3)cc2)CC(O)C1O. The third kappa shape index (κ3) is 3.95. The van der Waals surface area contributed by atoms with E-state index in [4.69, 9.17) is 4.74 Å². The fourth-order valence-electron chi connectivity index (χ4n) is 2.65. The lowest BCUT2D eigenvalue weighted by Gasteiger charge is -2.36. The monoisotopic (exact) mass is 293 g/mol. The van der Waals surface area contributed by atoms with Crippen LogP contribution in [0.1, 0.15) is 18.4 Å². The van der Waals surface area contributed by atoms with Crippen LogP contribution >= 0.6 is 0 Å². The van der Waals surface area contributed by atoms with Crippen molar-refractivity contribution in [2.75, 3.05) is 19.7 Å². The summed E-state index contributed by atoms with van der Waals surface area (Å²) in [5.41, 5.74) is 1.10. The van der Waals surface area contributed by atoms with Crippen molar-refractivity contribution >= 4 is 0 Å². The molecule has 21 heavy (non-hydrogen) atoms. The minimum absolute atomic E-state index is 0.373. The maximum absolute atomic E-state index is 9.70. The average molecular weight is 293 g/mol. The van der Waals surface area contributed by atoms with Crippen LogP contribution in [0.25, 0.3) is 0 Å². The fourth-order valence-corrected chi connectivity index (χ4v) is 2.65. The predicted molar refractivity (Wildman–Crippen MR) is 78.0 cm³/mol. The van der Waals surface area contributed by atoms with Crippen molar-refractivity contribution < 1.29 is 20.1 Å². The number of piperidine rings is 1. The van der Waals surface area contributed by atoms with Crippen molar-refractivity contribution in [1.82, 2.24) is 4.90 Å². The lowest BCUT2D eigenvalue weighted by Crippen LogP contribution is -2.54. The highest BCUT2D eigenvalue weighted by molar-refractivity contribution is 5.27. The van der Waals surface area contributed by atoms with Gasteiger partial charge in [0.05, 0.1) is 18.8 Å². The van der Waals surface area contributed by atoms with E-state index in [0.717, 1.165) is 23.8 Å². The molecular weight excluding hydrogens is 270 g/mol. The Hall–Kier alpha value is -1.14. The van der Waals surface area contributed by atoms with Gasteiger partial charge in [-0.3, -0.25) is 4.90 Å². The summed E-state index contributed by atoms with van der Waals surface area (Å²) in [5, 5.41) is 28.9. The van der Waals surface area contributed by atoms with E-state index in [1.54, 1.807) is 0 Å². The predicted octanol–water partition coefficient (Wildman–Crippen LogP) is 0.374. The summed E-state index contributed by atoms with van der Waals surface area (Å²) >= 11 is 0. The first-order valence-electron chi connectivity index (χ1n) is 7.60. The van der Waals surface area contributed by atoms with Crippen LogP contribution in [0.4, 0.5) is 0 Å². The number of aliphatic hydroxyl groups is 3. The Kier molecular flexibility index (Phi) is 4.45. The number of benzene rings is 1. The van der Waals surface area contributed by atoms with Gasteiger partial charge in [0.15, 0.2) is 0 Å². The molecule has 0 aromatic heterocycles. The molecule has 0 radical (unpaired) electrons. The minimum atomic E-state index is -1.04. The molecule has 2 atom stereocenters. The zero-order valence-corrected chi connectivity index (χ0v) is 12.1. The minimum Gasteiger partial charge on any atom is -0.493 e. The van der Waals surface area contributed by atoms with E-state index in [9.17, 15) is 15.3 Å². The second kappa shape index (κ2) is 6.32. The Balaban J connectivity index is 1.52. The van der Waals surface area contributed by atoms with Crippen molar-refractivity contribution in [3.05, 3.63) is 29.8 Å². The molecule has 1 aliphatic heterocycles. The third-order valence-electron chi connectivity index (χ3n) is 4.19. The summed E-state index contributed by atoms with van der Waals surface area (Å²) in [6, 6.07) is 7.94. The van der Waals surface area contributed by atoms with Gasteiger partial charge in [0.1, 0.15) is 11.9 Å². The summed E-state index contributed by atoms with van der Waals surface area (Å²) in [5.74, 6) is 1.63. The van der Waals surface area contributed by atoms with E-state index in [-0.39, 0.29) is 0 Å². The van der Waals surface area contributed by atoms with Gasteiger partial charge >= 0.3 is 0 Å². The number of hydrogen-bond donors (Lipinski definition) is 3. The third-order valence-corrected chi connectivity index (χ3v) is 4.19. The maximum atomic E-state index is 9.70. The van der Waals surface area contributed by atoms with Crippen molar-refractivity contribution in [3.63, 3.8) is 0 Å². The summed E-state index contributed by atoms with van der Waals surface area (Å²) in [4.78, 5) is 1.95. The van der Waals surface area contributed by atoms with Crippen LogP contribution in [0.2, 0.25) is 0 Å². The molecule has 2 fully saturated rings. The summed E-state index contributed by atoms with van der Waals surface area (Å²) in [7, 11) is 0. The Morgan fingerprint density at radius 1 is 1.00 bits per heavy atom. The van der Waals surface area contributed by atoms with Crippen molar-refractivity contribution in [1.29, 1.82) is 0 Å². The van der Waals surface area contributed by atoms with Gasteiger partial charge < -0.3 is 20.1 Å². The molecule has 0 amide bonds. The molecule has 1 aromatic carbocycles. The Labute approximate surface area is 124 Å². The lowest BCUT2D eigenvalue weighted by atomic mass is 10.0. The zero-order valence-electron chi connectivity index (χ0n) is 12.1. The highest BCUT2D eigenvalue weighted by Crippen LogP contribution is 2.29. The van der Waals surface area contributed by atoms with Gasteiger partial charge in [-0.1, -0.05) is 12.1 Å². The molecule has 1 heterocycles. The van der Waals surface area contributed by atoms with E-state index >= 15 is 0 Å². The number of nitrogens with zero attached hydrogens (tertiary/aromatic N) is 1. The van der Waals surface area contributed by atoms with Crippen molar-refractivity contribution in [3.8, 4) is 5.75 Å². The Bertz CT molecular complexity index is 448. The topological polar surface area (TPSA) is 73.2 Å². The van der Waals surface area contributed by atoms with Crippen LogP contribution in [-0.2, 0) is 6.54 Å². The van der Waals surface area contributed by atoms with Gasteiger partial charge in [-0.05, 0) is 36.5 Å². The molecule has 1 aliphatic carbocycles. The van der Waals surface area contributed by atoms with Gasteiger partial charge in [-0.25, -0.2) is 0 Å². The highest BCUT2D eigenvalue weighted by atomic mass is 16.5. The highest BCUT2D eigenvalue weighted by Gasteiger charge is 2.33. The summed E-state index contributed by atoms with van der Waals surface area (Å²) in [6.45, 7) is 2.20. The number of hydrogen-bond acceptors (Lipinski definition) is 5. The number of rotatable bonds is 5. The van der Waals surface area contributed by atoms with Crippen LogP contribution in [0, 0.1) is 5.92 Å². The Morgan fingerprint density at radius 2 is 1.62 bits per heavy atom. The van der Waals surface area contributed by atoms with Gasteiger partial charge in [0.2, 0.25) is 0 Å². The smallest absolute Gasteiger partial charge is 0.119 e. The largest absolute Gasteiger partial charge is 0.493 e. The fraction of sp³-hybridized carbons (Fsp3) is 0.625. The molecule has 5 heteroatoms. The first-order chi connectivity index (χ1) is 10.1. The molecular formula is C16H23NO4. The molecule has 0 bridgehead atoms. The van der Waals surface area contributed by atoms with E-state index in [0.29, 0.717) is 19.6 Å². The van der Waals surface area contributed by atoms with Gasteiger partial charge in [0.25, 0.3) is 0 Å². The quantitative estimate of drug-likeness (QED) is 0.732.